The minimum Gasteiger partial charge on any atom is -0.361 e. The van der Waals surface area contributed by atoms with Crippen LogP contribution in [0.25, 0.3) is 10.9 Å². The summed E-state index contributed by atoms with van der Waals surface area (Å²) in [6.07, 6.45) is 2.78. The Labute approximate surface area is 161 Å². The Balaban J connectivity index is 0.00000208. The van der Waals surface area contributed by atoms with Gasteiger partial charge in [-0.05, 0) is 41.6 Å². The molecule has 0 saturated heterocycles. The fourth-order valence-corrected chi connectivity index (χ4v) is 3.13. The molecule has 24 heavy (non-hydrogen) atoms. The highest BCUT2D eigenvalue weighted by molar-refractivity contribution is 14.0. The molecule has 0 amide bonds. The molecule has 3 rings (SSSR count). The van der Waals surface area contributed by atoms with Gasteiger partial charge in [-0.2, -0.15) is 0 Å². The molecule has 4 nitrogen and oxygen atoms in total. The maximum atomic E-state index is 13.2. The van der Waals surface area contributed by atoms with Crippen molar-refractivity contribution in [2.75, 3.05) is 13.6 Å². The summed E-state index contributed by atoms with van der Waals surface area (Å²) in [6, 6.07) is 8.97. The number of hydrogen-bond donors (Lipinski definition) is 3. The topological polar surface area (TPSA) is 52.2 Å². The van der Waals surface area contributed by atoms with Crippen molar-refractivity contribution in [2.24, 2.45) is 4.99 Å². The molecule has 128 valence electrons. The van der Waals surface area contributed by atoms with Crippen LogP contribution in [0.15, 0.2) is 46.9 Å². The normalized spacial score (nSPS) is 11.3. The molecule has 0 aliphatic carbocycles. The standard InChI is InChI=1S/C17H19FN4S.HI/c1-19-17(22-11-14-3-2-8-23-14)20-7-6-12-10-21-16-9-13(18)4-5-15(12)16;/h2-5,8-10,21H,6-7,11H2,1H3,(H2,19,20,22);1H. The van der Waals surface area contributed by atoms with Crippen LogP contribution in [0.3, 0.4) is 0 Å². The minimum absolute atomic E-state index is 0. The van der Waals surface area contributed by atoms with Gasteiger partial charge < -0.3 is 15.6 Å². The molecule has 3 N–H and O–H groups in total. The molecule has 1 aromatic carbocycles. The van der Waals surface area contributed by atoms with Crippen molar-refractivity contribution in [3.05, 3.63) is 58.2 Å². The zero-order chi connectivity index (χ0) is 16.1. The van der Waals surface area contributed by atoms with Crippen molar-refractivity contribution in [2.45, 2.75) is 13.0 Å². The monoisotopic (exact) mass is 458 g/mol. The lowest BCUT2D eigenvalue weighted by Gasteiger charge is -2.10. The lowest BCUT2D eigenvalue weighted by molar-refractivity contribution is 0.629. The molecule has 0 saturated carbocycles. The van der Waals surface area contributed by atoms with E-state index in [1.807, 2.05) is 18.3 Å². The molecule has 0 aliphatic rings. The zero-order valence-electron chi connectivity index (χ0n) is 13.3. The highest BCUT2D eigenvalue weighted by atomic mass is 127. The first-order valence-electron chi connectivity index (χ1n) is 7.48. The fraction of sp³-hybridized carbons (Fsp3) is 0.235. The van der Waals surface area contributed by atoms with Gasteiger partial charge in [0.2, 0.25) is 0 Å². The lowest BCUT2D eigenvalue weighted by atomic mass is 10.1. The summed E-state index contributed by atoms with van der Waals surface area (Å²) in [4.78, 5) is 8.60. The second-order valence-corrected chi connectivity index (χ2v) is 6.22. The molecule has 0 spiro atoms. The number of aromatic nitrogens is 1. The predicted molar refractivity (Wildman–Crippen MR) is 110 cm³/mol. The Morgan fingerprint density at radius 2 is 2.17 bits per heavy atom. The molecule has 0 bridgehead atoms. The molecular weight excluding hydrogens is 438 g/mol. The molecule has 0 radical (unpaired) electrons. The number of aromatic amines is 1. The zero-order valence-corrected chi connectivity index (χ0v) is 16.5. The van der Waals surface area contributed by atoms with Crippen LogP contribution in [0, 0.1) is 5.82 Å². The minimum atomic E-state index is -0.220. The number of rotatable bonds is 5. The summed E-state index contributed by atoms with van der Waals surface area (Å²) in [7, 11) is 1.76. The van der Waals surface area contributed by atoms with Crippen LogP contribution in [0.2, 0.25) is 0 Å². The summed E-state index contributed by atoms with van der Waals surface area (Å²) in [6.45, 7) is 1.53. The van der Waals surface area contributed by atoms with Crippen LogP contribution in [-0.4, -0.2) is 24.5 Å². The summed E-state index contributed by atoms with van der Waals surface area (Å²) < 4.78 is 13.2. The molecule has 2 heterocycles. The number of fused-ring (bicyclic) bond motifs is 1. The van der Waals surface area contributed by atoms with E-state index in [0.717, 1.165) is 36.4 Å². The molecule has 0 aliphatic heterocycles. The summed E-state index contributed by atoms with van der Waals surface area (Å²) in [5, 5.41) is 9.72. The number of benzene rings is 1. The lowest BCUT2D eigenvalue weighted by Crippen LogP contribution is -2.37. The van der Waals surface area contributed by atoms with E-state index in [0.29, 0.717) is 0 Å². The van der Waals surface area contributed by atoms with Gasteiger partial charge in [0.15, 0.2) is 5.96 Å². The van der Waals surface area contributed by atoms with E-state index in [-0.39, 0.29) is 29.8 Å². The predicted octanol–water partition coefficient (Wildman–Crippen LogP) is 3.89. The van der Waals surface area contributed by atoms with E-state index in [1.54, 1.807) is 18.4 Å². The largest absolute Gasteiger partial charge is 0.361 e. The Hall–Kier alpha value is -1.61. The van der Waals surface area contributed by atoms with Gasteiger partial charge in [-0.15, -0.1) is 35.3 Å². The molecular formula is C17H20FIN4S. The van der Waals surface area contributed by atoms with Crippen LogP contribution in [0.4, 0.5) is 4.39 Å². The van der Waals surface area contributed by atoms with E-state index in [4.69, 9.17) is 0 Å². The Morgan fingerprint density at radius 1 is 1.29 bits per heavy atom. The van der Waals surface area contributed by atoms with Crippen LogP contribution < -0.4 is 10.6 Å². The van der Waals surface area contributed by atoms with Gasteiger partial charge in [0.25, 0.3) is 0 Å². The van der Waals surface area contributed by atoms with Gasteiger partial charge in [0.1, 0.15) is 5.82 Å². The number of aliphatic imine (C=N–C) groups is 1. The maximum absolute atomic E-state index is 13.2. The molecule has 0 unspecified atom stereocenters. The molecule has 3 aromatic rings. The molecule has 7 heteroatoms. The molecule has 0 atom stereocenters. The van der Waals surface area contributed by atoms with Crippen molar-refractivity contribution < 1.29 is 4.39 Å². The average Bonchev–Trinajstić information content (AvgIpc) is 3.20. The maximum Gasteiger partial charge on any atom is 0.191 e. The van der Waals surface area contributed by atoms with Crippen molar-refractivity contribution in [1.29, 1.82) is 0 Å². The first-order chi connectivity index (χ1) is 11.3. The summed E-state index contributed by atoms with van der Waals surface area (Å²) in [5.74, 6) is 0.562. The number of H-pyrrole nitrogens is 1. The SMILES string of the molecule is CN=C(NCCc1c[nH]c2cc(F)ccc12)NCc1cccs1.I. The Bertz CT molecular complexity index is 798. The van der Waals surface area contributed by atoms with Gasteiger partial charge in [-0.1, -0.05) is 6.07 Å². The van der Waals surface area contributed by atoms with Crippen LogP contribution in [-0.2, 0) is 13.0 Å². The van der Waals surface area contributed by atoms with Crippen LogP contribution in [0.1, 0.15) is 10.4 Å². The van der Waals surface area contributed by atoms with Gasteiger partial charge in [0.05, 0.1) is 6.54 Å². The number of thiophene rings is 1. The smallest absolute Gasteiger partial charge is 0.191 e. The van der Waals surface area contributed by atoms with Crippen molar-refractivity contribution >= 4 is 52.2 Å². The highest BCUT2D eigenvalue weighted by Crippen LogP contribution is 2.19. The van der Waals surface area contributed by atoms with Gasteiger partial charge in [-0.25, -0.2) is 4.39 Å². The third-order valence-electron chi connectivity index (χ3n) is 3.65. The fourth-order valence-electron chi connectivity index (χ4n) is 2.49. The quantitative estimate of drug-likeness (QED) is 0.309. The Morgan fingerprint density at radius 3 is 2.92 bits per heavy atom. The van der Waals surface area contributed by atoms with Crippen molar-refractivity contribution in [1.82, 2.24) is 15.6 Å². The second-order valence-electron chi connectivity index (χ2n) is 5.19. The number of halogens is 2. The third kappa shape index (κ3) is 4.70. The van der Waals surface area contributed by atoms with E-state index >= 15 is 0 Å². The number of nitrogens with one attached hydrogen (secondary N) is 3. The number of nitrogens with zero attached hydrogens (tertiary/aromatic N) is 1. The number of hydrogen-bond acceptors (Lipinski definition) is 2. The van der Waals surface area contributed by atoms with Crippen molar-refractivity contribution in [3.8, 4) is 0 Å². The van der Waals surface area contributed by atoms with E-state index in [9.17, 15) is 4.39 Å². The van der Waals surface area contributed by atoms with Crippen molar-refractivity contribution in [3.63, 3.8) is 0 Å². The van der Waals surface area contributed by atoms with E-state index < -0.39 is 0 Å². The van der Waals surface area contributed by atoms with Gasteiger partial charge in [0, 0.05) is 35.6 Å². The van der Waals surface area contributed by atoms with Crippen LogP contribution in [0.5, 0.6) is 0 Å². The molecule has 2 aromatic heterocycles. The highest BCUT2D eigenvalue weighted by Gasteiger charge is 2.05. The first kappa shape index (κ1) is 18.7. The summed E-state index contributed by atoms with van der Waals surface area (Å²) in [5.41, 5.74) is 2.00. The first-order valence-corrected chi connectivity index (χ1v) is 8.36. The van der Waals surface area contributed by atoms with E-state index in [2.05, 4.69) is 32.1 Å². The van der Waals surface area contributed by atoms with E-state index in [1.165, 1.54) is 22.6 Å². The number of guanidine groups is 1. The molecule has 0 fully saturated rings. The second kappa shape index (κ2) is 9.03. The average molecular weight is 458 g/mol. The third-order valence-corrected chi connectivity index (χ3v) is 4.53. The Kier molecular flexibility index (Phi) is 7.04. The van der Waals surface area contributed by atoms with Gasteiger partial charge in [-0.3, -0.25) is 4.99 Å². The van der Waals surface area contributed by atoms with Crippen LogP contribution >= 0.6 is 35.3 Å². The summed E-state index contributed by atoms with van der Waals surface area (Å²) >= 11 is 1.72. The van der Waals surface area contributed by atoms with Gasteiger partial charge >= 0.3 is 0 Å².